The average molecular weight is 316 g/mol. The number of fused-ring (bicyclic) bond motifs is 1. The van der Waals surface area contributed by atoms with Crippen molar-refractivity contribution in [1.29, 1.82) is 0 Å². The zero-order valence-electron chi connectivity index (χ0n) is 12.9. The van der Waals surface area contributed by atoms with E-state index in [1.807, 2.05) is 0 Å². The molecule has 1 N–H and O–H groups in total. The van der Waals surface area contributed by atoms with Crippen LogP contribution >= 0.6 is 0 Å². The third kappa shape index (κ3) is 3.29. The van der Waals surface area contributed by atoms with Crippen LogP contribution in [0.2, 0.25) is 0 Å². The number of nitrogens with one attached hydrogen (secondary N) is 1. The van der Waals surface area contributed by atoms with Crippen LogP contribution < -0.4 is 5.32 Å². The molecule has 2 heterocycles. The molecular formula is C15H23F3N4. The summed E-state index contributed by atoms with van der Waals surface area (Å²) < 4.78 is 40.8. The van der Waals surface area contributed by atoms with Gasteiger partial charge in [0.25, 0.3) is 0 Å². The predicted molar refractivity (Wildman–Crippen MR) is 76.3 cm³/mol. The third-order valence-electron chi connectivity index (χ3n) is 4.92. The Hall–Kier alpha value is -1.11. The number of hydrogen-bond donors (Lipinski definition) is 1. The summed E-state index contributed by atoms with van der Waals surface area (Å²) in [5.74, 6) is -0.0138. The van der Waals surface area contributed by atoms with Crippen LogP contribution in [0, 0.1) is 5.92 Å². The Morgan fingerprint density at radius 3 is 2.73 bits per heavy atom. The van der Waals surface area contributed by atoms with Crippen molar-refractivity contribution < 1.29 is 13.2 Å². The molecule has 1 fully saturated rings. The van der Waals surface area contributed by atoms with Crippen molar-refractivity contribution in [3.63, 3.8) is 0 Å². The zero-order chi connectivity index (χ0) is 15.7. The maximum Gasteiger partial charge on any atom is 0.398 e. The molecule has 2 aliphatic rings. The Morgan fingerprint density at radius 2 is 2.00 bits per heavy atom. The van der Waals surface area contributed by atoms with E-state index in [0.717, 1.165) is 12.8 Å². The van der Waals surface area contributed by atoms with Crippen molar-refractivity contribution in [2.75, 3.05) is 0 Å². The summed E-state index contributed by atoms with van der Waals surface area (Å²) in [6.45, 7) is 3.35. The van der Waals surface area contributed by atoms with Crippen molar-refractivity contribution in [3.8, 4) is 0 Å². The fourth-order valence-electron chi connectivity index (χ4n) is 3.73. The quantitative estimate of drug-likeness (QED) is 0.929. The molecule has 22 heavy (non-hydrogen) atoms. The Labute approximate surface area is 128 Å². The fourth-order valence-corrected chi connectivity index (χ4v) is 3.73. The Bertz CT molecular complexity index is 511. The van der Waals surface area contributed by atoms with Crippen LogP contribution in [0.5, 0.6) is 0 Å². The molecule has 0 radical (unpaired) electrons. The molecule has 0 amide bonds. The second-order valence-corrected chi connectivity index (χ2v) is 6.71. The lowest BCUT2D eigenvalue weighted by molar-refractivity contribution is -0.156. The van der Waals surface area contributed by atoms with Gasteiger partial charge >= 0.3 is 6.18 Å². The highest BCUT2D eigenvalue weighted by atomic mass is 19.4. The van der Waals surface area contributed by atoms with Gasteiger partial charge in [0.15, 0.2) is 0 Å². The molecule has 0 aromatic carbocycles. The topological polar surface area (TPSA) is 42.7 Å². The summed E-state index contributed by atoms with van der Waals surface area (Å²) in [5, 5.41) is 11.3. The molecule has 1 aromatic heterocycles. The molecule has 7 heteroatoms. The van der Waals surface area contributed by atoms with Gasteiger partial charge in [-0.15, -0.1) is 10.2 Å². The monoisotopic (exact) mass is 316 g/mol. The minimum absolute atomic E-state index is 0.0903. The first kappa shape index (κ1) is 15.8. The molecule has 1 saturated carbocycles. The minimum atomic E-state index is -4.23. The number of rotatable bonds is 3. The molecule has 3 rings (SSSR count). The number of hydrogen-bond acceptors (Lipinski definition) is 3. The molecular weight excluding hydrogens is 293 g/mol. The van der Waals surface area contributed by atoms with E-state index in [2.05, 4.69) is 22.4 Å². The molecule has 1 aliphatic heterocycles. The number of aromatic nitrogens is 3. The van der Waals surface area contributed by atoms with Gasteiger partial charge in [-0.25, -0.2) is 0 Å². The van der Waals surface area contributed by atoms with E-state index in [4.69, 9.17) is 0 Å². The van der Waals surface area contributed by atoms with Gasteiger partial charge in [-0.3, -0.25) is 0 Å². The van der Waals surface area contributed by atoms with Crippen LogP contribution in [-0.2, 0) is 13.1 Å². The van der Waals surface area contributed by atoms with Gasteiger partial charge in [-0.2, -0.15) is 13.2 Å². The molecule has 1 aliphatic carbocycles. The van der Waals surface area contributed by atoms with E-state index in [1.165, 1.54) is 12.8 Å². The Morgan fingerprint density at radius 1 is 1.18 bits per heavy atom. The summed E-state index contributed by atoms with van der Waals surface area (Å²) >= 11 is 0. The lowest BCUT2D eigenvalue weighted by atomic mass is 9.87. The fraction of sp³-hybridized carbons (Fsp3) is 0.867. The van der Waals surface area contributed by atoms with E-state index in [9.17, 15) is 13.2 Å². The second-order valence-electron chi connectivity index (χ2n) is 6.71. The minimum Gasteiger partial charge on any atom is -0.313 e. The van der Waals surface area contributed by atoms with Gasteiger partial charge in [0.05, 0.1) is 6.54 Å². The predicted octanol–water partition coefficient (Wildman–Crippen LogP) is 3.39. The van der Waals surface area contributed by atoms with Crippen LogP contribution in [-0.4, -0.2) is 27.0 Å². The van der Waals surface area contributed by atoms with Crippen molar-refractivity contribution in [3.05, 3.63) is 11.6 Å². The number of alkyl halides is 3. The van der Waals surface area contributed by atoms with E-state index in [0.29, 0.717) is 37.3 Å². The number of nitrogens with zero attached hydrogens (tertiary/aromatic N) is 3. The van der Waals surface area contributed by atoms with Gasteiger partial charge in [-0.05, 0) is 31.6 Å². The highest BCUT2D eigenvalue weighted by Crippen LogP contribution is 2.40. The van der Waals surface area contributed by atoms with Crippen molar-refractivity contribution in [2.24, 2.45) is 5.92 Å². The molecule has 0 saturated heterocycles. The first-order valence-electron chi connectivity index (χ1n) is 8.17. The van der Waals surface area contributed by atoms with Crippen molar-refractivity contribution in [2.45, 2.75) is 76.7 Å². The van der Waals surface area contributed by atoms with E-state index in [1.54, 1.807) is 4.57 Å². The largest absolute Gasteiger partial charge is 0.398 e. The van der Waals surface area contributed by atoms with Crippen LogP contribution in [0.4, 0.5) is 13.2 Å². The summed E-state index contributed by atoms with van der Waals surface area (Å²) in [5.41, 5.74) is 0. The standard InChI is InChI=1S/C15H23F3N4/c1-10-4-2-5-11(8-10)19-9-13-20-21-14-12(15(16,17)18)6-3-7-22(13)14/h10-12,19H,2-9H2,1H3/t10-,11-,12-/m1/s1. The summed E-state index contributed by atoms with van der Waals surface area (Å²) in [6, 6.07) is 0.443. The first-order valence-corrected chi connectivity index (χ1v) is 8.17. The normalized spacial score (nSPS) is 29.4. The average Bonchev–Trinajstić information content (AvgIpc) is 2.87. The molecule has 0 unspecified atom stereocenters. The molecule has 3 atom stereocenters. The smallest absolute Gasteiger partial charge is 0.313 e. The highest BCUT2D eigenvalue weighted by Gasteiger charge is 2.45. The molecule has 0 bridgehead atoms. The lowest BCUT2D eigenvalue weighted by Crippen LogP contribution is -2.34. The second kappa shape index (κ2) is 6.18. The summed E-state index contributed by atoms with van der Waals surface area (Å²) in [4.78, 5) is 0. The van der Waals surface area contributed by atoms with Gasteiger partial charge in [-0.1, -0.05) is 19.8 Å². The van der Waals surface area contributed by atoms with Crippen molar-refractivity contribution >= 4 is 0 Å². The SMILES string of the molecule is C[C@@H]1CCC[C@@H](NCc2nnc3n2CCC[C@H]3C(F)(F)F)C1. The van der Waals surface area contributed by atoms with Crippen molar-refractivity contribution in [1.82, 2.24) is 20.1 Å². The highest BCUT2D eigenvalue weighted by molar-refractivity contribution is 5.07. The summed E-state index contributed by atoms with van der Waals surface area (Å²) in [7, 11) is 0. The first-order chi connectivity index (χ1) is 10.4. The van der Waals surface area contributed by atoms with Gasteiger partial charge in [0.1, 0.15) is 17.6 Å². The maximum absolute atomic E-state index is 13.1. The van der Waals surface area contributed by atoms with Gasteiger partial charge in [0, 0.05) is 12.6 Å². The van der Waals surface area contributed by atoms with Crippen LogP contribution in [0.25, 0.3) is 0 Å². The zero-order valence-corrected chi connectivity index (χ0v) is 12.9. The maximum atomic E-state index is 13.1. The molecule has 124 valence electrons. The number of halogens is 3. The molecule has 1 aromatic rings. The van der Waals surface area contributed by atoms with E-state index in [-0.39, 0.29) is 12.2 Å². The van der Waals surface area contributed by atoms with Gasteiger partial charge < -0.3 is 9.88 Å². The van der Waals surface area contributed by atoms with E-state index >= 15 is 0 Å². The molecule has 0 spiro atoms. The Balaban J connectivity index is 1.67. The van der Waals surface area contributed by atoms with E-state index < -0.39 is 12.1 Å². The molecule has 4 nitrogen and oxygen atoms in total. The van der Waals surface area contributed by atoms with Crippen LogP contribution in [0.15, 0.2) is 0 Å². The third-order valence-corrected chi connectivity index (χ3v) is 4.92. The summed E-state index contributed by atoms with van der Waals surface area (Å²) in [6.07, 6.45) is 1.17. The Kier molecular flexibility index (Phi) is 4.43. The van der Waals surface area contributed by atoms with Gasteiger partial charge in [0.2, 0.25) is 0 Å². The lowest BCUT2D eigenvalue weighted by Gasteiger charge is -2.28. The van der Waals surface area contributed by atoms with Crippen LogP contribution in [0.3, 0.4) is 0 Å². The van der Waals surface area contributed by atoms with Crippen LogP contribution in [0.1, 0.15) is 63.0 Å².